The Morgan fingerprint density at radius 1 is 1.10 bits per heavy atom. The van der Waals surface area contributed by atoms with Crippen LogP contribution < -0.4 is 4.74 Å². The third-order valence-corrected chi connectivity index (χ3v) is 5.71. The molecule has 2 heterocycles. The van der Waals surface area contributed by atoms with E-state index in [1.54, 1.807) is 31.2 Å². The van der Waals surface area contributed by atoms with Gasteiger partial charge in [0.25, 0.3) is 0 Å². The number of carbonyl (C=O) groups excluding carboxylic acids is 2. The van der Waals surface area contributed by atoms with Crippen LogP contribution in [0.3, 0.4) is 0 Å². The van der Waals surface area contributed by atoms with Crippen LogP contribution >= 0.6 is 0 Å². The minimum atomic E-state index is 0.0382. The number of Topliss-reactive ketones (excluding diaryl/α,β-unsaturated/α-hetero) is 1. The zero-order valence-corrected chi connectivity index (χ0v) is 17.3. The van der Waals surface area contributed by atoms with E-state index in [0.29, 0.717) is 30.9 Å². The number of para-hydroxylation sites is 2. The molecular weight excluding hydrogens is 378 g/mol. The third kappa shape index (κ3) is 4.70. The predicted octanol–water partition coefficient (Wildman–Crippen LogP) is 4.33. The molecule has 1 aromatic heterocycles. The Morgan fingerprint density at radius 2 is 1.83 bits per heavy atom. The molecule has 0 aliphatic carbocycles. The molecule has 1 fully saturated rings. The lowest BCUT2D eigenvalue weighted by molar-refractivity contribution is -0.132. The Kier molecular flexibility index (Phi) is 6.12. The van der Waals surface area contributed by atoms with E-state index < -0.39 is 0 Å². The van der Waals surface area contributed by atoms with Crippen molar-refractivity contribution in [3.63, 3.8) is 0 Å². The Balaban J connectivity index is 1.19. The van der Waals surface area contributed by atoms with Gasteiger partial charge in [-0.2, -0.15) is 0 Å². The van der Waals surface area contributed by atoms with Gasteiger partial charge in [-0.15, -0.1) is 0 Å². The number of H-pyrrole nitrogens is 1. The summed E-state index contributed by atoms with van der Waals surface area (Å²) in [5, 5.41) is 0. The fourth-order valence-corrected chi connectivity index (χ4v) is 3.93. The first-order valence-electron chi connectivity index (χ1n) is 10.6. The summed E-state index contributed by atoms with van der Waals surface area (Å²) in [5.74, 6) is 2.36. The topological polar surface area (TPSA) is 75.3 Å². The van der Waals surface area contributed by atoms with Crippen LogP contribution in [0.25, 0.3) is 11.0 Å². The number of likely N-dealkylation sites (tertiary alicyclic amines) is 1. The van der Waals surface area contributed by atoms with Crippen LogP contribution in [-0.4, -0.2) is 46.3 Å². The lowest BCUT2D eigenvalue weighted by Crippen LogP contribution is -2.38. The van der Waals surface area contributed by atoms with Gasteiger partial charge in [0, 0.05) is 31.0 Å². The Bertz CT molecular complexity index is 985. The molecule has 1 aliphatic rings. The molecule has 1 amide bonds. The summed E-state index contributed by atoms with van der Waals surface area (Å²) in [4.78, 5) is 33.9. The van der Waals surface area contributed by atoms with Gasteiger partial charge < -0.3 is 14.6 Å². The Morgan fingerprint density at radius 3 is 2.53 bits per heavy atom. The minimum absolute atomic E-state index is 0.0382. The van der Waals surface area contributed by atoms with Gasteiger partial charge in [-0.3, -0.25) is 9.59 Å². The number of hydrogen-bond acceptors (Lipinski definition) is 4. The van der Waals surface area contributed by atoms with Gasteiger partial charge in [-0.05, 0) is 62.6 Å². The summed E-state index contributed by atoms with van der Waals surface area (Å²) in [5.41, 5.74) is 2.74. The first kappa shape index (κ1) is 20.1. The van der Waals surface area contributed by atoms with Gasteiger partial charge >= 0.3 is 0 Å². The van der Waals surface area contributed by atoms with Crippen LogP contribution in [0.1, 0.15) is 54.7 Å². The molecule has 30 heavy (non-hydrogen) atoms. The number of fused-ring (bicyclic) bond motifs is 1. The summed E-state index contributed by atoms with van der Waals surface area (Å²) in [6, 6.07) is 15.2. The standard InChI is InChI=1S/C24H27N3O3/c1-17(28)18-8-10-20(11-9-18)30-16-4-7-23(29)27-14-12-19(13-15-27)24-25-21-5-2-3-6-22(21)26-24/h2-3,5-6,8-11,19H,4,7,12-16H2,1H3,(H,25,26). The van der Waals surface area contributed by atoms with Crippen LogP contribution in [0.2, 0.25) is 0 Å². The number of benzene rings is 2. The third-order valence-electron chi connectivity index (χ3n) is 5.71. The molecular formula is C24H27N3O3. The molecule has 4 rings (SSSR count). The number of aromatic amines is 1. The van der Waals surface area contributed by atoms with E-state index in [4.69, 9.17) is 9.72 Å². The average Bonchev–Trinajstić information content (AvgIpc) is 3.21. The second-order valence-electron chi connectivity index (χ2n) is 7.83. The van der Waals surface area contributed by atoms with E-state index in [0.717, 1.165) is 48.5 Å². The number of rotatable bonds is 7. The van der Waals surface area contributed by atoms with Gasteiger partial charge in [-0.1, -0.05) is 12.1 Å². The molecule has 0 unspecified atom stereocenters. The average molecular weight is 405 g/mol. The SMILES string of the molecule is CC(=O)c1ccc(OCCCC(=O)N2CCC(c3nc4ccccc4[nH]3)CC2)cc1. The fraction of sp³-hybridized carbons (Fsp3) is 0.375. The highest BCUT2D eigenvalue weighted by atomic mass is 16.5. The smallest absolute Gasteiger partial charge is 0.222 e. The fourth-order valence-electron chi connectivity index (χ4n) is 3.93. The molecule has 0 bridgehead atoms. The van der Waals surface area contributed by atoms with Crippen molar-refractivity contribution in [2.75, 3.05) is 19.7 Å². The molecule has 1 aliphatic heterocycles. The summed E-state index contributed by atoms with van der Waals surface area (Å²) < 4.78 is 5.69. The number of piperidine rings is 1. The number of carbonyl (C=O) groups is 2. The number of hydrogen-bond donors (Lipinski definition) is 1. The van der Waals surface area contributed by atoms with Gasteiger partial charge in [0.05, 0.1) is 17.6 Å². The highest BCUT2D eigenvalue weighted by Gasteiger charge is 2.25. The van der Waals surface area contributed by atoms with Crippen molar-refractivity contribution in [1.29, 1.82) is 0 Å². The first-order chi connectivity index (χ1) is 14.6. The minimum Gasteiger partial charge on any atom is -0.494 e. The normalized spacial score (nSPS) is 14.8. The van der Waals surface area contributed by atoms with Crippen molar-refractivity contribution in [2.45, 2.75) is 38.5 Å². The van der Waals surface area contributed by atoms with E-state index in [-0.39, 0.29) is 11.7 Å². The number of ether oxygens (including phenoxy) is 1. The maximum Gasteiger partial charge on any atom is 0.222 e. The van der Waals surface area contributed by atoms with Crippen molar-refractivity contribution in [2.24, 2.45) is 0 Å². The van der Waals surface area contributed by atoms with E-state index in [9.17, 15) is 9.59 Å². The van der Waals surface area contributed by atoms with Gasteiger partial charge in [0.15, 0.2) is 5.78 Å². The van der Waals surface area contributed by atoms with Crippen molar-refractivity contribution in [3.8, 4) is 5.75 Å². The quantitative estimate of drug-likeness (QED) is 0.469. The molecule has 3 aromatic rings. The molecule has 1 saturated heterocycles. The van der Waals surface area contributed by atoms with Crippen LogP contribution in [0.15, 0.2) is 48.5 Å². The van der Waals surface area contributed by atoms with Crippen molar-refractivity contribution >= 4 is 22.7 Å². The number of amides is 1. The number of nitrogens with zero attached hydrogens (tertiary/aromatic N) is 2. The number of ketones is 1. The number of imidazole rings is 1. The largest absolute Gasteiger partial charge is 0.494 e. The van der Waals surface area contributed by atoms with E-state index in [1.165, 1.54) is 0 Å². The molecule has 0 radical (unpaired) electrons. The molecule has 0 spiro atoms. The van der Waals surface area contributed by atoms with Gasteiger partial charge in [0.1, 0.15) is 11.6 Å². The van der Waals surface area contributed by atoms with Gasteiger partial charge in [0.2, 0.25) is 5.91 Å². The van der Waals surface area contributed by atoms with E-state index in [1.807, 2.05) is 29.2 Å². The predicted molar refractivity (Wildman–Crippen MR) is 116 cm³/mol. The highest BCUT2D eigenvalue weighted by Crippen LogP contribution is 2.28. The Hall–Kier alpha value is -3.15. The molecule has 2 aromatic carbocycles. The lowest BCUT2D eigenvalue weighted by Gasteiger charge is -2.31. The summed E-state index contributed by atoms with van der Waals surface area (Å²) >= 11 is 0. The van der Waals surface area contributed by atoms with Crippen LogP contribution in [-0.2, 0) is 4.79 Å². The maximum atomic E-state index is 12.5. The second-order valence-corrected chi connectivity index (χ2v) is 7.83. The number of aromatic nitrogens is 2. The molecule has 0 atom stereocenters. The Labute approximate surface area is 176 Å². The summed E-state index contributed by atoms with van der Waals surface area (Å²) in [7, 11) is 0. The van der Waals surface area contributed by atoms with Crippen LogP contribution in [0.5, 0.6) is 5.75 Å². The van der Waals surface area contributed by atoms with Crippen LogP contribution in [0.4, 0.5) is 0 Å². The van der Waals surface area contributed by atoms with Gasteiger partial charge in [-0.25, -0.2) is 4.98 Å². The molecule has 1 N–H and O–H groups in total. The van der Waals surface area contributed by atoms with Crippen LogP contribution in [0, 0.1) is 0 Å². The van der Waals surface area contributed by atoms with Crippen molar-refractivity contribution < 1.29 is 14.3 Å². The summed E-state index contributed by atoms with van der Waals surface area (Å²) in [6.07, 6.45) is 3.03. The van der Waals surface area contributed by atoms with Crippen molar-refractivity contribution in [1.82, 2.24) is 14.9 Å². The van der Waals surface area contributed by atoms with E-state index in [2.05, 4.69) is 4.98 Å². The lowest BCUT2D eigenvalue weighted by atomic mass is 9.96. The highest BCUT2D eigenvalue weighted by molar-refractivity contribution is 5.94. The van der Waals surface area contributed by atoms with Crippen molar-refractivity contribution in [3.05, 3.63) is 59.9 Å². The first-order valence-corrected chi connectivity index (χ1v) is 10.6. The molecule has 6 nitrogen and oxygen atoms in total. The zero-order chi connectivity index (χ0) is 20.9. The number of nitrogens with one attached hydrogen (secondary N) is 1. The molecule has 0 saturated carbocycles. The molecule has 156 valence electrons. The summed E-state index contributed by atoms with van der Waals surface area (Å²) in [6.45, 7) is 3.57. The molecule has 6 heteroatoms. The maximum absolute atomic E-state index is 12.5. The zero-order valence-electron chi connectivity index (χ0n) is 17.3. The van der Waals surface area contributed by atoms with E-state index >= 15 is 0 Å². The second kappa shape index (κ2) is 9.11. The monoisotopic (exact) mass is 405 g/mol.